The summed E-state index contributed by atoms with van der Waals surface area (Å²) in [4.78, 5) is 9.54. The summed E-state index contributed by atoms with van der Waals surface area (Å²) in [6.07, 6.45) is 1.16. The van der Waals surface area contributed by atoms with Crippen LogP contribution in [0.2, 0.25) is 0 Å². The highest BCUT2D eigenvalue weighted by Crippen LogP contribution is 2.17. The van der Waals surface area contributed by atoms with Crippen LogP contribution in [0.3, 0.4) is 0 Å². The Hall–Kier alpha value is -1.86. The van der Waals surface area contributed by atoms with Crippen LogP contribution in [0.4, 0.5) is 4.39 Å². The Morgan fingerprint density at radius 2 is 2.19 bits per heavy atom. The summed E-state index contributed by atoms with van der Waals surface area (Å²) in [5.74, 6) is 1.19. The van der Waals surface area contributed by atoms with Crippen LogP contribution in [0.25, 0.3) is 0 Å². The standard InChI is InChI=1S/C19H29FN4O2/c1-2-21-19(22-7-11-26-18-5-3-4-16(20)14-18)24-8-6-17(15-24)23-9-12-25-13-10-23/h3-5,14,17H,2,6-13,15H2,1H3,(H,21,22). The zero-order valence-corrected chi connectivity index (χ0v) is 15.5. The van der Waals surface area contributed by atoms with Crippen LogP contribution in [-0.4, -0.2) is 80.9 Å². The summed E-state index contributed by atoms with van der Waals surface area (Å²) in [7, 11) is 0. The van der Waals surface area contributed by atoms with Gasteiger partial charge in [0.2, 0.25) is 0 Å². The van der Waals surface area contributed by atoms with Gasteiger partial charge in [-0.05, 0) is 25.5 Å². The van der Waals surface area contributed by atoms with Gasteiger partial charge in [-0.3, -0.25) is 4.90 Å². The normalized spacial score (nSPS) is 21.8. The maximum atomic E-state index is 13.2. The molecule has 2 heterocycles. The lowest BCUT2D eigenvalue weighted by molar-refractivity contribution is 0.0195. The smallest absolute Gasteiger partial charge is 0.194 e. The average molecular weight is 364 g/mol. The fourth-order valence-corrected chi connectivity index (χ4v) is 3.47. The molecule has 2 fully saturated rings. The molecular weight excluding hydrogens is 335 g/mol. The van der Waals surface area contributed by atoms with E-state index in [1.165, 1.54) is 12.1 Å². The Kier molecular flexibility index (Phi) is 7.08. The van der Waals surface area contributed by atoms with Crippen LogP contribution < -0.4 is 10.1 Å². The van der Waals surface area contributed by atoms with Crippen molar-refractivity contribution in [3.8, 4) is 5.75 Å². The Balaban J connectivity index is 1.49. The van der Waals surface area contributed by atoms with E-state index in [2.05, 4.69) is 27.0 Å². The molecule has 0 amide bonds. The van der Waals surface area contributed by atoms with E-state index in [0.717, 1.165) is 58.3 Å². The van der Waals surface area contributed by atoms with E-state index in [4.69, 9.17) is 9.47 Å². The number of rotatable bonds is 6. The van der Waals surface area contributed by atoms with Crippen LogP contribution in [0.1, 0.15) is 13.3 Å². The lowest BCUT2D eigenvalue weighted by atomic mass is 10.2. The van der Waals surface area contributed by atoms with Gasteiger partial charge in [0.25, 0.3) is 0 Å². The third kappa shape index (κ3) is 5.32. The van der Waals surface area contributed by atoms with E-state index in [1.54, 1.807) is 12.1 Å². The quantitative estimate of drug-likeness (QED) is 0.472. The molecule has 1 atom stereocenters. The predicted molar refractivity (Wildman–Crippen MR) is 100 cm³/mol. The highest BCUT2D eigenvalue weighted by atomic mass is 19.1. The molecule has 144 valence electrons. The largest absolute Gasteiger partial charge is 0.492 e. The molecule has 2 aliphatic heterocycles. The molecule has 1 aromatic rings. The topological polar surface area (TPSA) is 49.3 Å². The van der Waals surface area contributed by atoms with Crippen molar-refractivity contribution in [2.45, 2.75) is 19.4 Å². The molecule has 6 nitrogen and oxygen atoms in total. The van der Waals surface area contributed by atoms with Crippen LogP contribution in [0.5, 0.6) is 5.75 Å². The number of nitrogens with zero attached hydrogens (tertiary/aromatic N) is 3. The molecule has 1 unspecified atom stereocenters. The summed E-state index contributed by atoms with van der Waals surface area (Å²) in [6, 6.07) is 6.78. The minimum Gasteiger partial charge on any atom is -0.492 e. The van der Waals surface area contributed by atoms with E-state index >= 15 is 0 Å². The zero-order valence-electron chi connectivity index (χ0n) is 15.5. The van der Waals surface area contributed by atoms with E-state index < -0.39 is 0 Å². The number of guanidine groups is 1. The Labute approximate surface area is 155 Å². The molecule has 0 bridgehead atoms. The van der Waals surface area contributed by atoms with Crippen molar-refractivity contribution < 1.29 is 13.9 Å². The van der Waals surface area contributed by atoms with Gasteiger partial charge in [0.05, 0.1) is 19.8 Å². The molecule has 0 saturated carbocycles. The molecule has 0 aliphatic carbocycles. The number of aliphatic imine (C=N–C) groups is 1. The minimum atomic E-state index is -0.287. The van der Waals surface area contributed by atoms with Gasteiger partial charge in [-0.25, -0.2) is 9.38 Å². The highest BCUT2D eigenvalue weighted by Gasteiger charge is 2.30. The average Bonchev–Trinajstić information content (AvgIpc) is 3.15. The van der Waals surface area contributed by atoms with Gasteiger partial charge in [0.15, 0.2) is 5.96 Å². The van der Waals surface area contributed by atoms with Crippen LogP contribution in [0.15, 0.2) is 29.3 Å². The van der Waals surface area contributed by atoms with Crippen molar-refractivity contribution in [2.75, 3.05) is 59.1 Å². The number of morpholine rings is 1. The molecule has 1 N–H and O–H groups in total. The van der Waals surface area contributed by atoms with Gasteiger partial charge in [-0.2, -0.15) is 0 Å². The maximum Gasteiger partial charge on any atom is 0.194 e. The first kappa shape index (κ1) is 18.9. The minimum absolute atomic E-state index is 0.287. The number of likely N-dealkylation sites (tertiary alicyclic amines) is 1. The third-order valence-electron chi connectivity index (χ3n) is 4.78. The number of nitrogens with one attached hydrogen (secondary N) is 1. The van der Waals surface area contributed by atoms with Crippen molar-refractivity contribution in [1.29, 1.82) is 0 Å². The summed E-state index contributed by atoms with van der Waals surface area (Å²) in [6.45, 7) is 9.61. The van der Waals surface area contributed by atoms with E-state index in [1.807, 2.05) is 0 Å². The van der Waals surface area contributed by atoms with Crippen molar-refractivity contribution in [3.05, 3.63) is 30.1 Å². The number of ether oxygens (including phenoxy) is 2. The number of halogens is 1. The van der Waals surface area contributed by atoms with Crippen LogP contribution in [0, 0.1) is 5.82 Å². The first-order chi connectivity index (χ1) is 12.8. The third-order valence-corrected chi connectivity index (χ3v) is 4.78. The fraction of sp³-hybridized carbons (Fsp3) is 0.632. The number of benzene rings is 1. The molecule has 2 saturated heterocycles. The molecule has 1 aromatic carbocycles. The molecule has 7 heteroatoms. The lowest BCUT2D eigenvalue weighted by Gasteiger charge is -2.32. The van der Waals surface area contributed by atoms with E-state index in [0.29, 0.717) is 24.9 Å². The van der Waals surface area contributed by atoms with Crippen LogP contribution in [-0.2, 0) is 4.74 Å². The first-order valence-electron chi connectivity index (χ1n) is 9.49. The lowest BCUT2D eigenvalue weighted by Crippen LogP contribution is -2.46. The van der Waals surface area contributed by atoms with E-state index in [-0.39, 0.29) is 5.82 Å². The first-order valence-corrected chi connectivity index (χ1v) is 9.49. The van der Waals surface area contributed by atoms with Gasteiger partial charge < -0.3 is 19.7 Å². The Bertz CT molecular complexity index is 593. The van der Waals surface area contributed by atoms with Crippen molar-refractivity contribution in [3.63, 3.8) is 0 Å². The summed E-state index contributed by atoms with van der Waals surface area (Å²) >= 11 is 0. The molecule has 0 aromatic heterocycles. The second-order valence-electron chi connectivity index (χ2n) is 6.58. The summed E-state index contributed by atoms with van der Waals surface area (Å²) in [5, 5.41) is 3.37. The molecular formula is C19H29FN4O2. The Morgan fingerprint density at radius 3 is 2.96 bits per heavy atom. The number of hydrogen-bond donors (Lipinski definition) is 1. The summed E-state index contributed by atoms with van der Waals surface area (Å²) in [5.41, 5.74) is 0. The van der Waals surface area contributed by atoms with Crippen LogP contribution >= 0.6 is 0 Å². The Morgan fingerprint density at radius 1 is 1.35 bits per heavy atom. The van der Waals surface area contributed by atoms with Gasteiger partial charge >= 0.3 is 0 Å². The monoisotopic (exact) mass is 364 g/mol. The van der Waals surface area contributed by atoms with Crippen molar-refractivity contribution >= 4 is 5.96 Å². The van der Waals surface area contributed by atoms with Gasteiger partial charge in [-0.1, -0.05) is 6.07 Å². The van der Waals surface area contributed by atoms with Gasteiger partial charge in [0.1, 0.15) is 18.2 Å². The molecule has 3 rings (SSSR count). The fourth-order valence-electron chi connectivity index (χ4n) is 3.47. The second-order valence-corrected chi connectivity index (χ2v) is 6.58. The molecule has 0 radical (unpaired) electrons. The molecule has 26 heavy (non-hydrogen) atoms. The highest BCUT2D eigenvalue weighted by molar-refractivity contribution is 5.80. The zero-order chi connectivity index (χ0) is 18.2. The predicted octanol–water partition coefficient (Wildman–Crippen LogP) is 1.58. The summed E-state index contributed by atoms with van der Waals surface area (Å²) < 4.78 is 24.2. The van der Waals surface area contributed by atoms with Crippen molar-refractivity contribution in [1.82, 2.24) is 15.1 Å². The molecule has 2 aliphatic rings. The number of hydrogen-bond acceptors (Lipinski definition) is 4. The second kappa shape index (κ2) is 9.73. The maximum absolute atomic E-state index is 13.2. The SMILES string of the molecule is CCNC(=NCCOc1cccc(F)c1)N1CCC(N2CCOCC2)C1. The molecule has 0 spiro atoms. The van der Waals surface area contributed by atoms with Gasteiger partial charge in [-0.15, -0.1) is 0 Å². The van der Waals surface area contributed by atoms with Crippen molar-refractivity contribution in [2.24, 2.45) is 4.99 Å². The van der Waals surface area contributed by atoms with Gasteiger partial charge in [0, 0.05) is 44.8 Å². The van der Waals surface area contributed by atoms with E-state index in [9.17, 15) is 4.39 Å².